The summed E-state index contributed by atoms with van der Waals surface area (Å²) in [4.78, 5) is 16.0. The molecule has 1 N–H and O–H groups in total. The highest BCUT2D eigenvalue weighted by molar-refractivity contribution is 5.89. The van der Waals surface area contributed by atoms with E-state index in [-0.39, 0.29) is 22.4 Å². The number of benzene rings is 2. The number of phenolic OH excluding ortho intramolecular Hbond substituents is 1. The SMILES string of the molecule is O=C1CC[C@@]2(Cc3ccccc3)[C@H]3Cc4ccc(O)c5c4[C@@]2(CCN3CC2CC2)C1O5. The van der Waals surface area contributed by atoms with Crippen LogP contribution in [-0.2, 0) is 23.1 Å². The number of hydrogen-bond donors (Lipinski definition) is 1. The summed E-state index contributed by atoms with van der Waals surface area (Å²) in [6.45, 7) is 2.22. The number of ketones is 1. The predicted molar refractivity (Wildman–Crippen MR) is 117 cm³/mol. The van der Waals surface area contributed by atoms with Gasteiger partial charge in [0.25, 0.3) is 0 Å². The summed E-state index contributed by atoms with van der Waals surface area (Å²) in [7, 11) is 0. The highest BCUT2D eigenvalue weighted by atomic mass is 16.5. The molecule has 2 aromatic carbocycles. The van der Waals surface area contributed by atoms with E-state index in [1.807, 2.05) is 0 Å². The van der Waals surface area contributed by atoms with E-state index in [1.165, 1.54) is 36.1 Å². The van der Waals surface area contributed by atoms with Crippen molar-refractivity contribution >= 4 is 5.78 Å². The van der Waals surface area contributed by atoms with E-state index in [1.54, 1.807) is 6.07 Å². The lowest BCUT2D eigenvalue weighted by molar-refractivity contribution is -0.155. The first-order chi connectivity index (χ1) is 15.1. The lowest BCUT2D eigenvalue weighted by Gasteiger charge is -2.65. The molecule has 7 rings (SSSR count). The Morgan fingerprint density at radius 2 is 1.94 bits per heavy atom. The minimum Gasteiger partial charge on any atom is -0.504 e. The van der Waals surface area contributed by atoms with E-state index in [0.717, 1.165) is 38.1 Å². The number of Topliss-reactive ketones (excluding diaryl/α,β-unsaturated/α-hetero) is 1. The van der Waals surface area contributed by atoms with Gasteiger partial charge in [0, 0.05) is 30.0 Å². The van der Waals surface area contributed by atoms with Crippen molar-refractivity contribution in [3.8, 4) is 11.5 Å². The van der Waals surface area contributed by atoms with Crippen LogP contribution >= 0.6 is 0 Å². The molecule has 0 amide bonds. The van der Waals surface area contributed by atoms with Gasteiger partial charge in [-0.1, -0.05) is 36.4 Å². The zero-order chi connectivity index (χ0) is 20.8. The first-order valence-electron chi connectivity index (χ1n) is 11.9. The average molecular weight is 416 g/mol. The number of ether oxygens (including phenoxy) is 1. The van der Waals surface area contributed by atoms with Gasteiger partial charge in [-0.2, -0.15) is 0 Å². The van der Waals surface area contributed by atoms with Gasteiger partial charge in [0.05, 0.1) is 5.41 Å². The molecular weight excluding hydrogens is 386 g/mol. The minimum absolute atomic E-state index is 0.0356. The molecule has 4 heteroatoms. The largest absolute Gasteiger partial charge is 0.504 e. The Balaban J connectivity index is 1.47. The first kappa shape index (κ1) is 18.3. The van der Waals surface area contributed by atoms with Crippen LogP contribution in [0.1, 0.15) is 48.8 Å². The molecule has 0 radical (unpaired) electrons. The van der Waals surface area contributed by atoms with Gasteiger partial charge in [0.1, 0.15) is 0 Å². The number of piperidine rings is 1. The quantitative estimate of drug-likeness (QED) is 0.819. The number of hydrogen-bond acceptors (Lipinski definition) is 4. The monoisotopic (exact) mass is 415 g/mol. The third kappa shape index (κ3) is 2.27. The van der Waals surface area contributed by atoms with Gasteiger partial charge in [-0.3, -0.25) is 9.69 Å². The predicted octanol–water partition coefficient (Wildman–Crippen LogP) is 4.02. The molecule has 0 aromatic heterocycles. The highest BCUT2D eigenvalue weighted by Crippen LogP contribution is 2.69. The molecule has 31 heavy (non-hydrogen) atoms. The summed E-state index contributed by atoms with van der Waals surface area (Å²) in [5.41, 5.74) is 3.46. The maximum atomic E-state index is 13.3. The minimum atomic E-state index is -0.446. The lowest BCUT2D eigenvalue weighted by Crippen LogP contribution is -2.73. The van der Waals surface area contributed by atoms with Gasteiger partial charge in [0.15, 0.2) is 23.4 Å². The van der Waals surface area contributed by atoms with Crippen LogP contribution in [0.2, 0.25) is 0 Å². The molecule has 1 saturated heterocycles. The zero-order valence-electron chi connectivity index (χ0n) is 17.8. The zero-order valence-corrected chi connectivity index (χ0v) is 17.8. The van der Waals surface area contributed by atoms with Crippen molar-refractivity contribution in [1.29, 1.82) is 0 Å². The lowest BCUT2D eigenvalue weighted by atomic mass is 9.42. The van der Waals surface area contributed by atoms with E-state index < -0.39 is 6.10 Å². The van der Waals surface area contributed by atoms with E-state index in [4.69, 9.17) is 4.74 Å². The van der Waals surface area contributed by atoms with Gasteiger partial charge in [-0.05, 0) is 68.2 Å². The molecule has 2 saturated carbocycles. The Morgan fingerprint density at radius 3 is 2.74 bits per heavy atom. The Bertz CT molecular complexity index is 1080. The number of phenols is 1. The second-order valence-electron chi connectivity index (χ2n) is 10.6. The standard InChI is InChI=1S/C27H29NO3/c29-20-9-8-19-14-22-26(15-17-4-2-1-3-5-17)11-10-21(30)25-27(26,23(19)24(20)31-25)12-13-28(22)16-18-6-7-18/h1-5,8-9,18,22,25,29H,6-7,10-16H2/t22-,25?,26-,27+/m1/s1. The van der Waals surface area contributed by atoms with Crippen molar-refractivity contribution < 1.29 is 14.6 Å². The van der Waals surface area contributed by atoms with Crippen molar-refractivity contribution in [2.45, 2.75) is 62.5 Å². The first-order valence-corrected chi connectivity index (χ1v) is 11.9. The van der Waals surface area contributed by atoms with E-state index >= 15 is 0 Å². The number of aromatic hydroxyl groups is 1. The van der Waals surface area contributed by atoms with Crippen LogP contribution in [0.4, 0.5) is 0 Å². The molecule has 4 atom stereocenters. The van der Waals surface area contributed by atoms with Gasteiger partial charge in [-0.15, -0.1) is 0 Å². The number of carbonyl (C=O) groups excluding carboxylic acids is 1. The van der Waals surface area contributed by atoms with Crippen LogP contribution in [0.25, 0.3) is 0 Å². The van der Waals surface area contributed by atoms with Crippen molar-refractivity contribution in [2.24, 2.45) is 11.3 Å². The topological polar surface area (TPSA) is 49.8 Å². The summed E-state index contributed by atoms with van der Waals surface area (Å²) in [5.74, 6) is 1.87. The van der Waals surface area contributed by atoms with Gasteiger partial charge >= 0.3 is 0 Å². The molecule has 2 aromatic rings. The smallest absolute Gasteiger partial charge is 0.174 e. The summed E-state index contributed by atoms with van der Waals surface area (Å²) >= 11 is 0. The normalized spacial score (nSPS) is 35.5. The molecule has 1 spiro atoms. The summed E-state index contributed by atoms with van der Waals surface area (Å²) < 4.78 is 6.39. The second-order valence-corrected chi connectivity index (χ2v) is 10.6. The van der Waals surface area contributed by atoms with E-state index in [9.17, 15) is 9.90 Å². The van der Waals surface area contributed by atoms with Crippen LogP contribution in [0.5, 0.6) is 11.5 Å². The summed E-state index contributed by atoms with van der Waals surface area (Å²) in [5, 5.41) is 10.7. The van der Waals surface area contributed by atoms with Crippen molar-refractivity contribution in [3.63, 3.8) is 0 Å². The fourth-order valence-corrected chi connectivity index (χ4v) is 7.79. The second kappa shape index (κ2) is 6.13. The fraction of sp³-hybridized carbons (Fsp3) is 0.519. The average Bonchev–Trinajstić information content (AvgIpc) is 3.52. The van der Waals surface area contributed by atoms with Crippen LogP contribution in [0.15, 0.2) is 42.5 Å². The van der Waals surface area contributed by atoms with Gasteiger partial charge in [0.2, 0.25) is 0 Å². The number of likely N-dealkylation sites (tertiary alicyclic amines) is 1. The molecule has 3 aliphatic carbocycles. The maximum absolute atomic E-state index is 13.3. The third-order valence-corrected chi connectivity index (χ3v) is 9.19. The Hall–Kier alpha value is -2.33. The van der Waals surface area contributed by atoms with Gasteiger partial charge < -0.3 is 9.84 Å². The third-order valence-electron chi connectivity index (χ3n) is 9.19. The Morgan fingerprint density at radius 1 is 1.10 bits per heavy atom. The Labute approximate surface area is 183 Å². The molecule has 1 unspecified atom stereocenters. The molecule has 5 aliphatic rings. The van der Waals surface area contributed by atoms with E-state index in [0.29, 0.717) is 18.2 Å². The molecule has 2 heterocycles. The molecule has 2 bridgehead atoms. The molecule has 2 aliphatic heterocycles. The number of nitrogens with zero attached hydrogens (tertiary/aromatic N) is 1. The van der Waals surface area contributed by atoms with Crippen LogP contribution < -0.4 is 4.74 Å². The maximum Gasteiger partial charge on any atom is 0.174 e. The number of rotatable bonds is 4. The fourth-order valence-electron chi connectivity index (χ4n) is 7.79. The molecule has 160 valence electrons. The Kier molecular flexibility index (Phi) is 3.61. The van der Waals surface area contributed by atoms with Gasteiger partial charge in [-0.25, -0.2) is 0 Å². The van der Waals surface area contributed by atoms with Crippen LogP contribution in [-0.4, -0.2) is 41.0 Å². The molecular formula is C27H29NO3. The van der Waals surface area contributed by atoms with E-state index in [2.05, 4.69) is 41.3 Å². The van der Waals surface area contributed by atoms with Crippen LogP contribution in [0, 0.1) is 11.3 Å². The summed E-state index contributed by atoms with van der Waals surface area (Å²) in [6.07, 6.45) is 6.69. The summed E-state index contributed by atoms with van der Waals surface area (Å²) in [6, 6.07) is 15.1. The molecule has 4 nitrogen and oxygen atoms in total. The van der Waals surface area contributed by atoms with Crippen molar-refractivity contribution in [2.75, 3.05) is 13.1 Å². The van der Waals surface area contributed by atoms with Crippen molar-refractivity contribution in [1.82, 2.24) is 4.90 Å². The molecule has 3 fully saturated rings. The number of carbonyl (C=O) groups is 1. The van der Waals surface area contributed by atoms with Crippen molar-refractivity contribution in [3.05, 3.63) is 59.2 Å². The van der Waals surface area contributed by atoms with Crippen LogP contribution in [0.3, 0.4) is 0 Å². The highest BCUT2D eigenvalue weighted by Gasteiger charge is 2.72.